The molecule has 6 heteroatoms. The van der Waals surface area contributed by atoms with Crippen LogP contribution in [0.2, 0.25) is 0 Å². The molecule has 1 aromatic carbocycles. The molecule has 0 aromatic heterocycles. The van der Waals surface area contributed by atoms with E-state index < -0.39 is 16.1 Å². The molecule has 1 N–H and O–H groups in total. The van der Waals surface area contributed by atoms with Gasteiger partial charge in [0.1, 0.15) is 22.4 Å². The minimum Gasteiger partial charge on any atom is -0.598 e. The van der Waals surface area contributed by atoms with Gasteiger partial charge in [0.15, 0.2) is 0 Å². The van der Waals surface area contributed by atoms with Gasteiger partial charge in [0.05, 0.1) is 19.3 Å². The zero-order valence-corrected chi connectivity index (χ0v) is 14.3. The van der Waals surface area contributed by atoms with Crippen LogP contribution in [0.25, 0.3) is 0 Å². The van der Waals surface area contributed by atoms with Gasteiger partial charge in [0.25, 0.3) is 0 Å². The molecular formula is C16H24FNO3S. The Morgan fingerprint density at radius 1 is 1.45 bits per heavy atom. The van der Waals surface area contributed by atoms with Crippen LogP contribution < -0.4 is 9.46 Å². The van der Waals surface area contributed by atoms with Gasteiger partial charge >= 0.3 is 0 Å². The number of hydrogen-bond donors (Lipinski definition) is 1. The lowest BCUT2D eigenvalue weighted by atomic mass is 10.1. The zero-order chi connectivity index (χ0) is 16.3. The van der Waals surface area contributed by atoms with E-state index in [9.17, 15) is 8.94 Å². The first-order valence-corrected chi connectivity index (χ1v) is 8.64. The molecule has 1 heterocycles. The van der Waals surface area contributed by atoms with E-state index in [2.05, 4.69) is 4.72 Å². The summed E-state index contributed by atoms with van der Waals surface area (Å²) in [5.41, 5.74) is 0.453. The fraction of sp³-hybridized carbons (Fsp3) is 0.625. The van der Waals surface area contributed by atoms with Crippen molar-refractivity contribution in [1.82, 2.24) is 4.72 Å². The van der Waals surface area contributed by atoms with E-state index in [1.165, 1.54) is 6.07 Å². The molecule has 1 aromatic rings. The lowest BCUT2D eigenvalue weighted by Crippen LogP contribution is -2.40. The van der Waals surface area contributed by atoms with Crippen LogP contribution in [0, 0.1) is 5.82 Å². The van der Waals surface area contributed by atoms with Gasteiger partial charge in [-0.25, -0.2) is 4.39 Å². The van der Waals surface area contributed by atoms with Gasteiger partial charge < -0.3 is 14.0 Å². The van der Waals surface area contributed by atoms with Crippen molar-refractivity contribution in [3.05, 3.63) is 29.6 Å². The Kier molecular flexibility index (Phi) is 5.71. The molecule has 1 aliphatic heterocycles. The number of ether oxygens (including phenoxy) is 2. The number of halogens is 1. The second-order valence-corrected chi connectivity index (χ2v) is 8.51. The van der Waals surface area contributed by atoms with Crippen molar-refractivity contribution < 1.29 is 18.4 Å². The van der Waals surface area contributed by atoms with Crippen LogP contribution in [-0.4, -0.2) is 28.6 Å². The Bertz CT molecular complexity index is 501. The van der Waals surface area contributed by atoms with Crippen molar-refractivity contribution in [3.63, 3.8) is 0 Å². The summed E-state index contributed by atoms with van der Waals surface area (Å²) in [6, 6.07) is 4.30. The molecule has 0 aliphatic carbocycles. The quantitative estimate of drug-likeness (QED) is 0.844. The predicted octanol–water partition coefficient (Wildman–Crippen LogP) is 3.11. The highest BCUT2D eigenvalue weighted by Gasteiger charge is 2.29. The van der Waals surface area contributed by atoms with Crippen molar-refractivity contribution in [2.24, 2.45) is 0 Å². The largest absolute Gasteiger partial charge is 0.598 e. The molecule has 0 saturated carbocycles. The average Bonchev–Trinajstić information content (AvgIpc) is 2.92. The summed E-state index contributed by atoms with van der Waals surface area (Å²) >= 11 is -1.26. The fourth-order valence-electron chi connectivity index (χ4n) is 2.13. The molecule has 1 saturated heterocycles. The number of hydrogen-bond acceptors (Lipinski definition) is 4. The van der Waals surface area contributed by atoms with Crippen LogP contribution in [0.4, 0.5) is 4.39 Å². The standard InChI is InChI=1S/C16H24FNO3S/c1-11(18-22(19)16(2,3)4)14-9-12(5-6-15(14)17)21-13-7-8-20-10-13/h5-6,9,11,13,18H,7-8,10H2,1-4H3/t11-,13+,22+/m0/s1. The molecule has 4 nitrogen and oxygen atoms in total. The maximum atomic E-state index is 14.1. The molecule has 0 unspecified atom stereocenters. The molecule has 1 fully saturated rings. The Balaban J connectivity index is 2.08. The van der Waals surface area contributed by atoms with Gasteiger partial charge in [-0.05, 0) is 45.9 Å². The summed E-state index contributed by atoms with van der Waals surface area (Å²) in [6.07, 6.45) is 0.861. The highest BCUT2D eigenvalue weighted by molar-refractivity contribution is 7.90. The predicted molar refractivity (Wildman–Crippen MR) is 85.7 cm³/mol. The van der Waals surface area contributed by atoms with E-state index in [4.69, 9.17) is 9.47 Å². The van der Waals surface area contributed by atoms with Gasteiger partial charge in [0, 0.05) is 23.3 Å². The monoisotopic (exact) mass is 329 g/mol. The van der Waals surface area contributed by atoms with Crippen LogP contribution in [-0.2, 0) is 16.1 Å². The molecule has 124 valence electrons. The van der Waals surface area contributed by atoms with Crippen molar-refractivity contribution in [2.75, 3.05) is 13.2 Å². The SMILES string of the molecule is C[C@H](N[S@+]([O-])C(C)(C)C)c1cc(O[C@@H]2CCOC2)ccc1F. The summed E-state index contributed by atoms with van der Waals surface area (Å²) in [4.78, 5) is 0. The number of rotatable bonds is 5. The van der Waals surface area contributed by atoms with Gasteiger partial charge in [-0.15, -0.1) is 4.72 Å². The third kappa shape index (κ3) is 4.59. The van der Waals surface area contributed by atoms with E-state index in [1.54, 1.807) is 19.1 Å². The highest BCUT2D eigenvalue weighted by Crippen LogP contribution is 2.26. The van der Waals surface area contributed by atoms with E-state index in [-0.39, 0.29) is 18.0 Å². The van der Waals surface area contributed by atoms with Gasteiger partial charge in [0.2, 0.25) is 0 Å². The lowest BCUT2D eigenvalue weighted by molar-refractivity contribution is 0.141. The molecule has 2 rings (SSSR count). The summed E-state index contributed by atoms with van der Waals surface area (Å²) < 4.78 is 39.8. The fourth-order valence-corrected chi connectivity index (χ4v) is 2.93. The van der Waals surface area contributed by atoms with Crippen LogP contribution in [0.15, 0.2) is 18.2 Å². The third-order valence-electron chi connectivity index (χ3n) is 3.46. The van der Waals surface area contributed by atoms with Gasteiger partial charge in [-0.3, -0.25) is 0 Å². The molecule has 1 aliphatic rings. The molecule has 0 spiro atoms. The van der Waals surface area contributed by atoms with Crippen LogP contribution in [0.3, 0.4) is 0 Å². The van der Waals surface area contributed by atoms with Crippen molar-refractivity contribution in [1.29, 1.82) is 0 Å². The first-order valence-electron chi connectivity index (χ1n) is 7.49. The number of benzene rings is 1. The van der Waals surface area contributed by atoms with Gasteiger partial charge in [-0.1, -0.05) is 0 Å². The molecule has 0 bridgehead atoms. The summed E-state index contributed by atoms with van der Waals surface area (Å²) in [5, 5.41) is 0. The summed E-state index contributed by atoms with van der Waals surface area (Å²) in [5.74, 6) is 0.281. The van der Waals surface area contributed by atoms with Crippen molar-refractivity contribution in [3.8, 4) is 5.75 Å². The van der Waals surface area contributed by atoms with Crippen LogP contribution in [0.1, 0.15) is 45.7 Å². The van der Waals surface area contributed by atoms with Crippen molar-refractivity contribution in [2.45, 2.75) is 51.0 Å². The summed E-state index contributed by atoms with van der Waals surface area (Å²) in [7, 11) is 0. The Labute approximate surface area is 134 Å². The van der Waals surface area contributed by atoms with E-state index in [0.717, 1.165) is 6.42 Å². The highest BCUT2D eigenvalue weighted by atomic mass is 32.2. The van der Waals surface area contributed by atoms with Crippen LogP contribution >= 0.6 is 0 Å². The topological polar surface area (TPSA) is 53.5 Å². The third-order valence-corrected chi connectivity index (χ3v) is 5.14. The molecular weight excluding hydrogens is 305 g/mol. The molecule has 3 atom stereocenters. The maximum absolute atomic E-state index is 14.1. The van der Waals surface area contributed by atoms with E-state index >= 15 is 0 Å². The van der Waals surface area contributed by atoms with E-state index in [0.29, 0.717) is 24.5 Å². The summed E-state index contributed by atoms with van der Waals surface area (Å²) in [6.45, 7) is 8.68. The first-order chi connectivity index (χ1) is 10.3. The van der Waals surface area contributed by atoms with Gasteiger partial charge in [-0.2, -0.15) is 0 Å². The Morgan fingerprint density at radius 3 is 2.77 bits per heavy atom. The minimum absolute atomic E-state index is 0.0188. The molecule has 0 amide bonds. The lowest BCUT2D eigenvalue weighted by Gasteiger charge is -2.27. The van der Waals surface area contributed by atoms with E-state index in [1.807, 2.05) is 20.8 Å². The average molecular weight is 329 g/mol. The van der Waals surface area contributed by atoms with Crippen molar-refractivity contribution >= 4 is 11.4 Å². The molecule has 0 radical (unpaired) electrons. The maximum Gasteiger partial charge on any atom is 0.136 e. The normalized spacial score (nSPS) is 21.6. The second kappa shape index (κ2) is 7.17. The Hall–Kier alpha value is -0.820. The Morgan fingerprint density at radius 2 is 2.18 bits per heavy atom. The second-order valence-electron chi connectivity index (χ2n) is 6.51. The molecule has 22 heavy (non-hydrogen) atoms. The van der Waals surface area contributed by atoms with Crippen LogP contribution in [0.5, 0.6) is 5.75 Å². The zero-order valence-electron chi connectivity index (χ0n) is 13.5. The minimum atomic E-state index is -1.26. The smallest absolute Gasteiger partial charge is 0.136 e. The number of nitrogens with one attached hydrogen (secondary N) is 1. The first kappa shape index (κ1) is 17.5.